The van der Waals surface area contributed by atoms with Crippen LogP contribution in [0.5, 0.6) is 0 Å². The Kier molecular flexibility index (Phi) is 3.49. The number of pyridine rings is 1. The zero-order chi connectivity index (χ0) is 11.5. The first-order valence-corrected chi connectivity index (χ1v) is 5.65. The van der Waals surface area contributed by atoms with Gasteiger partial charge in [-0.25, -0.2) is 4.98 Å². The molecule has 0 aliphatic rings. The molecule has 0 saturated carbocycles. The molecule has 1 aromatic carbocycles. The van der Waals surface area contributed by atoms with E-state index in [9.17, 15) is 0 Å². The van der Waals surface area contributed by atoms with E-state index in [0.29, 0.717) is 23.1 Å². The Morgan fingerprint density at radius 2 is 2.12 bits per heavy atom. The molecule has 5 heteroatoms. The van der Waals surface area contributed by atoms with E-state index in [-0.39, 0.29) is 0 Å². The number of rotatable bonds is 3. The van der Waals surface area contributed by atoms with Crippen LogP contribution in [0.25, 0.3) is 10.8 Å². The van der Waals surface area contributed by atoms with Gasteiger partial charge in [0, 0.05) is 29.7 Å². The number of hydrogen-bond donors (Lipinski definition) is 2. The average molecular weight is 256 g/mol. The van der Waals surface area contributed by atoms with E-state index in [1.165, 1.54) is 0 Å². The molecule has 0 saturated heterocycles. The first-order chi connectivity index (χ1) is 7.72. The van der Waals surface area contributed by atoms with E-state index in [1.54, 1.807) is 12.3 Å². The molecule has 2 aromatic rings. The molecule has 0 amide bonds. The van der Waals surface area contributed by atoms with Crippen LogP contribution in [-0.2, 0) is 0 Å². The Morgan fingerprint density at radius 1 is 1.31 bits per heavy atom. The number of benzene rings is 1. The van der Waals surface area contributed by atoms with Crippen molar-refractivity contribution < 1.29 is 0 Å². The molecule has 0 radical (unpaired) electrons. The van der Waals surface area contributed by atoms with Gasteiger partial charge in [0.25, 0.3) is 0 Å². The molecule has 1 aromatic heterocycles. The first kappa shape index (κ1) is 11.5. The van der Waals surface area contributed by atoms with E-state index in [4.69, 9.17) is 28.9 Å². The molecule has 0 spiro atoms. The molecule has 2 rings (SSSR count). The van der Waals surface area contributed by atoms with Gasteiger partial charge < -0.3 is 11.1 Å². The number of aromatic nitrogens is 1. The summed E-state index contributed by atoms with van der Waals surface area (Å²) >= 11 is 12.1. The molecule has 0 atom stereocenters. The molecule has 0 fully saturated rings. The fraction of sp³-hybridized carbons (Fsp3) is 0.182. The lowest BCUT2D eigenvalue weighted by Gasteiger charge is -2.09. The van der Waals surface area contributed by atoms with E-state index in [0.717, 1.165) is 16.6 Å². The maximum Gasteiger partial charge on any atom is 0.135 e. The van der Waals surface area contributed by atoms with Crippen molar-refractivity contribution in [3.8, 4) is 0 Å². The van der Waals surface area contributed by atoms with E-state index < -0.39 is 0 Å². The lowest BCUT2D eigenvalue weighted by Crippen LogP contribution is -2.14. The third-order valence-corrected chi connectivity index (χ3v) is 2.73. The molecule has 84 valence electrons. The Hall–Kier alpha value is -1.03. The summed E-state index contributed by atoms with van der Waals surface area (Å²) < 4.78 is 0. The van der Waals surface area contributed by atoms with Gasteiger partial charge in [0.2, 0.25) is 0 Å². The highest BCUT2D eigenvalue weighted by Crippen LogP contribution is 2.31. The first-order valence-electron chi connectivity index (χ1n) is 4.90. The van der Waals surface area contributed by atoms with Crippen LogP contribution in [0.3, 0.4) is 0 Å². The Balaban J connectivity index is 2.57. The van der Waals surface area contributed by atoms with Crippen molar-refractivity contribution >= 4 is 39.8 Å². The number of anilines is 1. The maximum absolute atomic E-state index is 6.15. The molecule has 0 aliphatic carbocycles. The topological polar surface area (TPSA) is 50.9 Å². The van der Waals surface area contributed by atoms with Crippen LogP contribution in [0.2, 0.25) is 10.0 Å². The largest absolute Gasteiger partial charge is 0.368 e. The van der Waals surface area contributed by atoms with Crippen molar-refractivity contribution in [1.82, 2.24) is 4.98 Å². The fourth-order valence-electron chi connectivity index (χ4n) is 1.56. The fourth-order valence-corrected chi connectivity index (χ4v) is 2.15. The summed E-state index contributed by atoms with van der Waals surface area (Å²) in [5.41, 5.74) is 5.44. The van der Waals surface area contributed by atoms with E-state index >= 15 is 0 Å². The third kappa shape index (κ3) is 2.21. The highest BCUT2D eigenvalue weighted by atomic mass is 35.5. The lowest BCUT2D eigenvalue weighted by atomic mass is 10.1. The minimum absolute atomic E-state index is 0.545. The smallest absolute Gasteiger partial charge is 0.135 e. The van der Waals surface area contributed by atoms with Crippen LogP contribution in [-0.4, -0.2) is 18.1 Å². The minimum atomic E-state index is 0.545. The quantitative estimate of drug-likeness (QED) is 0.887. The summed E-state index contributed by atoms with van der Waals surface area (Å²) in [5.74, 6) is 0.740. The van der Waals surface area contributed by atoms with Gasteiger partial charge in [0.15, 0.2) is 0 Å². The summed E-state index contributed by atoms with van der Waals surface area (Å²) in [6.07, 6.45) is 1.72. The number of nitrogens with one attached hydrogen (secondary N) is 1. The summed E-state index contributed by atoms with van der Waals surface area (Å²) in [7, 11) is 0. The van der Waals surface area contributed by atoms with Crippen LogP contribution in [0.1, 0.15) is 0 Å². The maximum atomic E-state index is 6.15. The van der Waals surface area contributed by atoms with Gasteiger partial charge in [-0.15, -0.1) is 0 Å². The number of fused-ring (bicyclic) bond motifs is 1. The van der Waals surface area contributed by atoms with Crippen LogP contribution >= 0.6 is 23.2 Å². The third-order valence-electron chi connectivity index (χ3n) is 2.22. The van der Waals surface area contributed by atoms with E-state index in [1.807, 2.05) is 12.1 Å². The van der Waals surface area contributed by atoms with Crippen molar-refractivity contribution in [3.05, 3.63) is 34.4 Å². The highest BCUT2D eigenvalue weighted by Gasteiger charge is 2.07. The second-order valence-electron chi connectivity index (χ2n) is 3.36. The predicted molar refractivity (Wildman–Crippen MR) is 69.3 cm³/mol. The molecular weight excluding hydrogens is 245 g/mol. The van der Waals surface area contributed by atoms with Crippen molar-refractivity contribution in [2.75, 3.05) is 18.4 Å². The number of halogens is 2. The Morgan fingerprint density at radius 3 is 2.88 bits per heavy atom. The Bertz CT molecular complexity index is 514. The molecule has 0 bridgehead atoms. The van der Waals surface area contributed by atoms with Gasteiger partial charge in [0.05, 0.1) is 5.02 Å². The second-order valence-corrected chi connectivity index (χ2v) is 4.20. The van der Waals surface area contributed by atoms with Crippen LogP contribution in [0.15, 0.2) is 24.4 Å². The molecule has 16 heavy (non-hydrogen) atoms. The van der Waals surface area contributed by atoms with Crippen molar-refractivity contribution in [3.63, 3.8) is 0 Å². The lowest BCUT2D eigenvalue weighted by molar-refractivity contribution is 1.02. The van der Waals surface area contributed by atoms with Crippen molar-refractivity contribution in [2.45, 2.75) is 0 Å². The normalized spacial score (nSPS) is 10.7. The Labute approximate surface area is 104 Å². The standard InChI is InChI=1S/C11H11Cl2N3/c12-8-5-7-1-3-15-11(16-4-2-14)10(7)9(13)6-8/h1,3,5-6H,2,4,14H2,(H,15,16). The zero-order valence-corrected chi connectivity index (χ0v) is 10.0. The molecular formula is C11H11Cl2N3. The molecule has 0 aliphatic heterocycles. The number of nitrogens with two attached hydrogens (primary N) is 1. The SMILES string of the molecule is NCCNc1nccc2cc(Cl)cc(Cl)c12. The van der Waals surface area contributed by atoms with Gasteiger partial charge in [-0.05, 0) is 23.6 Å². The van der Waals surface area contributed by atoms with Gasteiger partial charge in [0.1, 0.15) is 5.82 Å². The highest BCUT2D eigenvalue weighted by molar-refractivity contribution is 6.39. The van der Waals surface area contributed by atoms with Gasteiger partial charge in [-0.2, -0.15) is 0 Å². The average Bonchev–Trinajstić information content (AvgIpc) is 2.25. The number of hydrogen-bond acceptors (Lipinski definition) is 3. The van der Waals surface area contributed by atoms with E-state index in [2.05, 4.69) is 10.3 Å². The second kappa shape index (κ2) is 4.87. The number of nitrogens with zero attached hydrogens (tertiary/aromatic N) is 1. The van der Waals surface area contributed by atoms with Crippen molar-refractivity contribution in [1.29, 1.82) is 0 Å². The zero-order valence-electron chi connectivity index (χ0n) is 8.50. The van der Waals surface area contributed by atoms with Crippen LogP contribution < -0.4 is 11.1 Å². The summed E-state index contributed by atoms with van der Waals surface area (Å²) in [6.45, 7) is 1.20. The molecule has 0 unspecified atom stereocenters. The molecule has 3 N–H and O–H groups in total. The van der Waals surface area contributed by atoms with Gasteiger partial charge in [-0.1, -0.05) is 23.2 Å². The predicted octanol–water partition coefficient (Wildman–Crippen LogP) is 2.91. The van der Waals surface area contributed by atoms with Crippen LogP contribution in [0, 0.1) is 0 Å². The minimum Gasteiger partial charge on any atom is -0.368 e. The van der Waals surface area contributed by atoms with Crippen LogP contribution in [0.4, 0.5) is 5.82 Å². The van der Waals surface area contributed by atoms with Gasteiger partial charge in [-0.3, -0.25) is 0 Å². The van der Waals surface area contributed by atoms with Gasteiger partial charge >= 0.3 is 0 Å². The summed E-state index contributed by atoms with van der Waals surface area (Å²) in [6, 6.07) is 5.44. The molecule has 3 nitrogen and oxygen atoms in total. The monoisotopic (exact) mass is 255 g/mol. The summed E-state index contributed by atoms with van der Waals surface area (Å²) in [4.78, 5) is 4.24. The summed E-state index contributed by atoms with van der Waals surface area (Å²) in [5, 5.41) is 6.19. The molecule has 1 heterocycles. The van der Waals surface area contributed by atoms with Crippen molar-refractivity contribution in [2.24, 2.45) is 5.73 Å².